The minimum atomic E-state index is -3.94. The molecule has 0 spiro atoms. The van der Waals surface area contributed by atoms with Crippen LogP contribution in [0, 0.1) is 12.7 Å². The first kappa shape index (κ1) is 15.0. The molecule has 2 aromatic rings. The monoisotopic (exact) mass is 316 g/mol. The van der Waals surface area contributed by atoms with Gasteiger partial charge in [-0.15, -0.1) is 11.3 Å². The molecule has 8 heteroatoms. The zero-order valence-electron chi connectivity index (χ0n) is 10.6. The molecule has 20 heavy (non-hydrogen) atoms. The molecule has 0 fully saturated rings. The second-order valence-corrected chi connectivity index (χ2v) is 6.78. The molecule has 0 aliphatic carbocycles. The summed E-state index contributed by atoms with van der Waals surface area (Å²) in [7, 11) is -3.94. The highest BCUT2D eigenvalue weighted by Gasteiger charge is 2.19. The Balaban J connectivity index is 2.20. The fourth-order valence-corrected chi connectivity index (χ4v) is 3.46. The number of nitrogens with zero attached hydrogens (tertiary/aromatic N) is 1. The zero-order chi connectivity index (χ0) is 14.8. The number of aromatic nitrogens is 1. The van der Waals surface area contributed by atoms with Gasteiger partial charge in [-0.1, -0.05) is 6.07 Å². The molecule has 1 heterocycles. The van der Waals surface area contributed by atoms with Gasteiger partial charge < -0.3 is 5.11 Å². The molecule has 0 unspecified atom stereocenters. The van der Waals surface area contributed by atoms with Crippen LogP contribution in [0.1, 0.15) is 16.1 Å². The molecule has 0 saturated heterocycles. The summed E-state index contributed by atoms with van der Waals surface area (Å²) in [6.07, 6.45) is 0. The summed E-state index contributed by atoms with van der Waals surface area (Å²) >= 11 is 1.33. The van der Waals surface area contributed by atoms with Gasteiger partial charge in [0.2, 0.25) is 10.0 Å². The third-order valence-electron chi connectivity index (χ3n) is 2.74. The summed E-state index contributed by atoms with van der Waals surface area (Å²) in [6.45, 7) is 1.50. The highest BCUT2D eigenvalue weighted by molar-refractivity contribution is 7.89. The van der Waals surface area contributed by atoms with Crippen LogP contribution >= 0.6 is 11.3 Å². The molecule has 2 N–H and O–H groups in total. The lowest BCUT2D eigenvalue weighted by Gasteiger charge is -2.08. The van der Waals surface area contributed by atoms with Gasteiger partial charge in [-0.3, -0.25) is 0 Å². The Morgan fingerprint density at radius 3 is 2.75 bits per heavy atom. The number of nitrogens with one attached hydrogen (secondary N) is 1. The molecule has 0 aliphatic heterocycles. The molecular formula is C12H13FN2O3S2. The lowest BCUT2D eigenvalue weighted by molar-refractivity contribution is 0.281. The minimum Gasteiger partial charge on any atom is -0.392 e. The van der Waals surface area contributed by atoms with E-state index in [1.54, 1.807) is 12.4 Å². The standard InChI is InChI=1S/C12H13FN2O3S2/c1-8-11(19-7-14-8)5-15-20(17,18)12-3-2-9(6-16)4-10(12)13/h2-4,7,15-16H,5-6H2,1H3. The van der Waals surface area contributed by atoms with Gasteiger partial charge in [-0.2, -0.15) is 0 Å². The third kappa shape index (κ3) is 3.21. The van der Waals surface area contributed by atoms with E-state index in [-0.39, 0.29) is 13.2 Å². The average molecular weight is 316 g/mol. The normalized spacial score (nSPS) is 11.8. The van der Waals surface area contributed by atoms with E-state index >= 15 is 0 Å². The van der Waals surface area contributed by atoms with Crippen molar-refractivity contribution in [2.75, 3.05) is 0 Å². The molecular weight excluding hydrogens is 303 g/mol. The van der Waals surface area contributed by atoms with Crippen LogP contribution < -0.4 is 4.72 Å². The highest BCUT2D eigenvalue weighted by atomic mass is 32.2. The van der Waals surface area contributed by atoms with Crippen molar-refractivity contribution in [3.8, 4) is 0 Å². The SMILES string of the molecule is Cc1ncsc1CNS(=O)(=O)c1ccc(CO)cc1F. The van der Waals surface area contributed by atoms with E-state index < -0.39 is 20.7 Å². The Bertz CT molecular complexity index is 713. The van der Waals surface area contributed by atoms with Crippen LogP contribution in [0.2, 0.25) is 0 Å². The van der Waals surface area contributed by atoms with Gasteiger partial charge in [0.15, 0.2) is 0 Å². The lowest BCUT2D eigenvalue weighted by atomic mass is 10.2. The van der Waals surface area contributed by atoms with Crippen molar-refractivity contribution in [2.24, 2.45) is 0 Å². The van der Waals surface area contributed by atoms with E-state index in [2.05, 4.69) is 9.71 Å². The van der Waals surface area contributed by atoms with Gasteiger partial charge in [-0.25, -0.2) is 22.5 Å². The maximum atomic E-state index is 13.7. The second-order valence-electron chi connectivity index (χ2n) is 4.11. The molecule has 0 aliphatic rings. The smallest absolute Gasteiger partial charge is 0.243 e. The maximum Gasteiger partial charge on any atom is 0.243 e. The molecule has 0 bridgehead atoms. The van der Waals surface area contributed by atoms with Crippen LogP contribution in [-0.4, -0.2) is 18.5 Å². The quantitative estimate of drug-likeness (QED) is 0.877. The van der Waals surface area contributed by atoms with E-state index in [0.29, 0.717) is 5.56 Å². The molecule has 0 radical (unpaired) electrons. The van der Waals surface area contributed by atoms with Crippen molar-refractivity contribution in [3.05, 3.63) is 45.7 Å². The summed E-state index contributed by atoms with van der Waals surface area (Å²) in [6, 6.07) is 3.52. The van der Waals surface area contributed by atoms with Crippen LogP contribution in [0.3, 0.4) is 0 Å². The molecule has 1 aromatic heterocycles. The first-order chi connectivity index (χ1) is 9.44. The summed E-state index contributed by atoms with van der Waals surface area (Å²) in [5, 5.41) is 8.88. The number of hydrogen-bond acceptors (Lipinski definition) is 5. The van der Waals surface area contributed by atoms with Crippen LogP contribution in [-0.2, 0) is 23.2 Å². The first-order valence-corrected chi connectivity index (χ1v) is 8.08. The largest absolute Gasteiger partial charge is 0.392 e. The Morgan fingerprint density at radius 1 is 1.45 bits per heavy atom. The van der Waals surface area contributed by atoms with Crippen LogP contribution in [0.15, 0.2) is 28.6 Å². The average Bonchev–Trinajstić information content (AvgIpc) is 2.81. The fourth-order valence-electron chi connectivity index (χ4n) is 1.59. The second kappa shape index (κ2) is 5.96. The molecule has 1 aromatic carbocycles. The number of aliphatic hydroxyl groups is 1. The van der Waals surface area contributed by atoms with Gasteiger partial charge in [0.05, 0.1) is 17.8 Å². The molecule has 0 saturated carbocycles. The number of benzene rings is 1. The lowest BCUT2D eigenvalue weighted by Crippen LogP contribution is -2.24. The van der Waals surface area contributed by atoms with Gasteiger partial charge in [0.25, 0.3) is 0 Å². The van der Waals surface area contributed by atoms with Gasteiger partial charge in [0.1, 0.15) is 10.7 Å². The number of halogens is 1. The zero-order valence-corrected chi connectivity index (χ0v) is 12.3. The van der Waals surface area contributed by atoms with E-state index in [0.717, 1.165) is 22.7 Å². The van der Waals surface area contributed by atoms with Gasteiger partial charge in [-0.05, 0) is 24.6 Å². The predicted octanol–water partition coefficient (Wildman–Crippen LogP) is 1.56. The Hall–Kier alpha value is -1.35. The number of rotatable bonds is 5. The van der Waals surface area contributed by atoms with Crippen molar-refractivity contribution in [1.29, 1.82) is 0 Å². The van der Waals surface area contributed by atoms with Gasteiger partial charge >= 0.3 is 0 Å². The summed E-state index contributed by atoms with van der Waals surface area (Å²) in [5.74, 6) is -0.884. The van der Waals surface area contributed by atoms with E-state index in [1.807, 2.05) is 0 Å². The summed E-state index contributed by atoms with van der Waals surface area (Å²) in [5.41, 5.74) is 2.68. The van der Waals surface area contributed by atoms with E-state index in [4.69, 9.17) is 5.11 Å². The topological polar surface area (TPSA) is 79.3 Å². The van der Waals surface area contributed by atoms with E-state index in [1.165, 1.54) is 17.4 Å². The van der Waals surface area contributed by atoms with Crippen LogP contribution in [0.25, 0.3) is 0 Å². The first-order valence-electron chi connectivity index (χ1n) is 5.72. The van der Waals surface area contributed by atoms with Crippen molar-refractivity contribution in [1.82, 2.24) is 9.71 Å². The molecule has 108 valence electrons. The Labute approximate surface area is 120 Å². The minimum absolute atomic E-state index is 0.0695. The molecule has 5 nitrogen and oxygen atoms in total. The van der Waals surface area contributed by atoms with Crippen molar-refractivity contribution < 1.29 is 17.9 Å². The maximum absolute atomic E-state index is 13.7. The van der Waals surface area contributed by atoms with Gasteiger partial charge in [0, 0.05) is 11.4 Å². The Kier molecular flexibility index (Phi) is 4.48. The molecule has 0 atom stereocenters. The van der Waals surface area contributed by atoms with Crippen LogP contribution in [0.5, 0.6) is 0 Å². The number of thiazole rings is 1. The number of hydrogen-bond donors (Lipinski definition) is 2. The molecule has 0 amide bonds. The summed E-state index contributed by atoms with van der Waals surface area (Å²) < 4.78 is 40.1. The van der Waals surface area contributed by atoms with Crippen LogP contribution in [0.4, 0.5) is 4.39 Å². The Morgan fingerprint density at radius 2 is 2.20 bits per heavy atom. The van der Waals surface area contributed by atoms with E-state index in [9.17, 15) is 12.8 Å². The summed E-state index contributed by atoms with van der Waals surface area (Å²) in [4.78, 5) is 4.36. The predicted molar refractivity (Wildman–Crippen MR) is 73.2 cm³/mol. The highest BCUT2D eigenvalue weighted by Crippen LogP contribution is 2.18. The number of sulfonamides is 1. The van der Waals surface area contributed by atoms with Crippen molar-refractivity contribution in [2.45, 2.75) is 25.0 Å². The van der Waals surface area contributed by atoms with Crippen molar-refractivity contribution in [3.63, 3.8) is 0 Å². The molecule has 2 rings (SSSR count). The fraction of sp³-hybridized carbons (Fsp3) is 0.250. The number of aryl methyl sites for hydroxylation is 1. The third-order valence-corrected chi connectivity index (χ3v) is 5.11. The van der Waals surface area contributed by atoms with Crippen molar-refractivity contribution >= 4 is 21.4 Å². The number of aliphatic hydroxyl groups excluding tert-OH is 1.